The molecule has 1 atom stereocenters. The lowest BCUT2D eigenvalue weighted by atomic mass is 9.85. The molecule has 3 rings (SSSR count). The van der Waals surface area contributed by atoms with Crippen LogP contribution in [-0.2, 0) is 4.79 Å². The zero-order valence-corrected chi connectivity index (χ0v) is 15.1. The standard InChI is InChI=1S/C16H29N3O.2ClH/c17-13-16(7-2-3-8-16)15(20)19-11-6-14(12-19)18-9-4-1-5-10-18;;/h14H,1-13,17H2;2*1H. The van der Waals surface area contributed by atoms with E-state index in [1.165, 1.54) is 45.2 Å². The number of piperidine rings is 1. The maximum atomic E-state index is 12.9. The second kappa shape index (κ2) is 8.72. The van der Waals surface area contributed by atoms with Crippen molar-refractivity contribution in [3.05, 3.63) is 0 Å². The van der Waals surface area contributed by atoms with Crippen LogP contribution in [0, 0.1) is 5.41 Å². The second-order valence-electron chi connectivity index (χ2n) is 6.98. The fraction of sp³-hybridized carbons (Fsp3) is 0.938. The lowest BCUT2D eigenvalue weighted by Crippen LogP contribution is -2.47. The number of rotatable bonds is 3. The summed E-state index contributed by atoms with van der Waals surface area (Å²) in [5.41, 5.74) is 5.75. The molecule has 1 aliphatic carbocycles. The molecule has 1 saturated carbocycles. The zero-order chi connectivity index (χ0) is 14.0. The Balaban J connectivity index is 0.00000121. The minimum Gasteiger partial charge on any atom is -0.341 e. The van der Waals surface area contributed by atoms with Crippen LogP contribution < -0.4 is 5.73 Å². The molecule has 0 aromatic carbocycles. The van der Waals surface area contributed by atoms with E-state index in [0.717, 1.165) is 32.4 Å². The summed E-state index contributed by atoms with van der Waals surface area (Å²) < 4.78 is 0. The Kier molecular flexibility index (Phi) is 7.93. The maximum Gasteiger partial charge on any atom is 0.230 e. The van der Waals surface area contributed by atoms with Gasteiger partial charge in [-0.05, 0) is 45.2 Å². The molecule has 2 aliphatic heterocycles. The Morgan fingerprint density at radius 3 is 2.23 bits per heavy atom. The number of carbonyl (C=O) groups is 1. The second-order valence-corrected chi connectivity index (χ2v) is 6.98. The van der Waals surface area contributed by atoms with Crippen LogP contribution in [0.15, 0.2) is 0 Å². The van der Waals surface area contributed by atoms with E-state index >= 15 is 0 Å². The van der Waals surface area contributed by atoms with Crippen molar-refractivity contribution in [1.29, 1.82) is 0 Å². The van der Waals surface area contributed by atoms with E-state index in [4.69, 9.17) is 5.73 Å². The van der Waals surface area contributed by atoms with Gasteiger partial charge in [0, 0.05) is 25.7 Å². The van der Waals surface area contributed by atoms with E-state index in [1.807, 2.05) is 0 Å². The van der Waals surface area contributed by atoms with E-state index in [-0.39, 0.29) is 30.2 Å². The smallest absolute Gasteiger partial charge is 0.230 e. The van der Waals surface area contributed by atoms with Gasteiger partial charge in [-0.15, -0.1) is 24.8 Å². The molecule has 3 fully saturated rings. The molecule has 0 radical (unpaired) electrons. The van der Waals surface area contributed by atoms with Gasteiger partial charge < -0.3 is 10.6 Å². The van der Waals surface area contributed by atoms with Crippen molar-refractivity contribution in [2.24, 2.45) is 11.1 Å². The molecule has 22 heavy (non-hydrogen) atoms. The predicted octanol–water partition coefficient (Wildman–Crippen LogP) is 2.44. The molecule has 6 heteroatoms. The molecule has 2 heterocycles. The highest BCUT2D eigenvalue weighted by Crippen LogP contribution is 2.39. The van der Waals surface area contributed by atoms with Gasteiger partial charge in [-0.3, -0.25) is 9.69 Å². The first kappa shape index (κ1) is 20.0. The summed E-state index contributed by atoms with van der Waals surface area (Å²) in [5, 5.41) is 0. The Hall–Kier alpha value is -0.0300. The van der Waals surface area contributed by atoms with Crippen LogP contribution in [0.4, 0.5) is 0 Å². The van der Waals surface area contributed by atoms with Crippen LogP contribution in [0.2, 0.25) is 0 Å². The molecule has 3 aliphatic rings. The summed E-state index contributed by atoms with van der Waals surface area (Å²) >= 11 is 0. The van der Waals surface area contributed by atoms with Crippen molar-refractivity contribution in [3.63, 3.8) is 0 Å². The van der Waals surface area contributed by atoms with Crippen LogP contribution in [0.5, 0.6) is 0 Å². The Labute approximate surface area is 147 Å². The van der Waals surface area contributed by atoms with Gasteiger partial charge in [-0.25, -0.2) is 0 Å². The summed E-state index contributed by atoms with van der Waals surface area (Å²) in [7, 11) is 0. The summed E-state index contributed by atoms with van der Waals surface area (Å²) in [6, 6.07) is 0.607. The molecule has 0 aromatic rings. The molecule has 0 bridgehead atoms. The lowest BCUT2D eigenvalue weighted by Gasteiger charge is -2.34. The van der Waals surface area contributed by atoms with Crippen molar-refractivity contribution in [3.8, 4) is 0 Å². The summed E-state index contributed by atoms with van der Waals surface area (Å²) in [6.07, 6.45) is 9.56. The molecular formula is C16H31Cl2N3O. The fourth-order valence-electron chi connectivity index (χ4n) is 4.40. The average Bonchev–Trinajstić information content (AvgIpc) is 3.17. The fourth-order valence-corrected chi connectivity index (χ4v) is 4.40. The Morgan fingerprint density at radius 1 is 1.00 bits per heavy atom. The lowest BCUT2D eigenvalue weighted by molar-refractivity contribution is -0.140. The average molecular weight is 352 g/mol. The van der Waals surface area contributed by atoms with Crippen LogP contribution in [0.1, 0.15) is 51.4 Å². The van der Waals surface area contributed by atoms with Crippen LogP contribution in [0.25, 0.3) is 0 Å². The number of hydrogen-bond donors (Lipinski definition) is 1. The van der Waals surface area contributed by atoms with Gasteiger partial charge in [0.2, 0.25) is 5.91 Å². The molecule has 1 amide bonds. The number of halogens is 2. The van der Waals surface area contributed by atoms with Gasteiger partial charge in [0.25, 0.3) is 0 Å². The summed E-state index contributed by atoms with van der Waals surface area (Å²) in [5.74, 6) is 0.358. The van der Waals surface area contributed by atoms with Crippen molar-refractivity contribution in [1.82, 2.24) is 9.80 Å². The number of hydrogen-bond acceptors (Lipinski definition) is 3. The van der Waals surface area contributed by atoms with Gasteiger partial charge in [0.05, 0.1) is 5.41 Å². The highest BCUT2D eigenvalue weighted by atomic mass is 35.5. The number of nitrogens with zero attached hydrogens (tertiary/aromatic N) is 2. The zero-order valence-electron chi connectivity index (χ0n) is 13.5. The third-order valence-corrected chi connectivity index (χ3v) is 5.76. The highest BCUT2D eigenvalue weighted by molar-refractivity contribution is 5.85. The van der Waals surface area contributed by atoms with E-state index in [9.17, 15) is 4.79 Å². The first-order valence-corrected chi connectivity index (χ1v) is 8.49. The van der Waals surface area contributed by atoms with Gasteiger partial charge in [-0.1, -0.05) is 19.3 Å². The molecule has 1 unspecified atom stereocenters. The highest BCUT2D eigenvalue weighted by Gasteiger charge is 2.44. The van der Waals surface area contributed by atoms with Crippen LogP contribution in [0.3, 0.4) is 0 Å². The first-order chi connectivity index (χ1) is 9.75. The van der Waals surface area contributed by atoms with E-state index < -0.39 is 0 Å². The molecule has 2 N–H and O–H groups in total. The van der Waals surface area contributed by atoms with Crippen molar-refractivity contribution < 1.29 is 4.79 Å². The monoisotopic (exact) mass is 351 g/mol. The van der Waals surface area contributed by atoms with E-state index in [0.29, 0.717) is 18.5 Å². The third kappa shape index (κ3) is 3.89. The number of carbonyl (C=O) groups excluding carboxylic acids is 1. The minimum atomic E-state index is -0.212. The normalized spacial score (nSPS) is 28.0. The van der Waals surface area contributed by atoms with Gasteiger partial charge in [-0.2, -0.15) is 0 Å². The van der Waals surface area contributed by atoms with Crippen molar-refractivity contribution >= 4 is 30.7 Å². The number of nitrogens with two attached hydrogens (primary N) is 1. The van der Waals surface area contributed by atoms with Gasteiger partial charge >= 0.3 is 0 Å². The van der Waals surface area contributed by atoms with E-state index in [2.05, 4.69) is 9.80 Å². The topological polar surface area (TPSA) is 49.6 Å². The molecule has 2 saturated heterocycles. The van der Waals surface area contributed by atoms with Crippen LogP contribution >= 0.6 is 24.8 Å². The summed E-state index contributed by atoms with van der Waals surface area (Å²) in [4.78, 5) is 17.6. The SMILES string of the molecule is Cl.Cl.NCC1(C(=O)N2CCC(N3CCCCC3)C2)CCCC1. The Bertz CT molecular complexity index is 355. The molecule has 4 nitrogen and oxygen atoms in total. The van der Waals surface area contributed by atoms with Crippen molar-refractivity contribution in [2.75, 3.05) is 32.7 Å². The minimum absolute atomic E-state index is 0. The molecule has 0 spiro atoms. The first-order valence-electron chi connectivity index (χ1n) is 8.49. The van der Waals surface area contributed by atoms with Crippen LogP contribution in [-0.4, -0.2) is 54.5 Å². The predicted molar refractivity (Wildman–Crippen MR) is 94.9 cm³/mol. The van der Waals surface area contributed by atoms with Crippen molar-refractivity contribution in [2.45, 2.75) is 57.4 Å². The Morgan fingerprint density at radius 2 is 1.64 bits per heavy atom. The number of likely N-dealkylation sites (tertiary alicyclic amines) is 2. The van der Waals surface area contributed by atoms with Gasteiger partial charge in [0.1, 0.15) is 0 Å². The maximum absolute atomic E-state index is 12.9. The number of amides is 1. The van der Waals surface area contributed by atoms with Gasteiger partial charge in [0.15, 0.2) is 0 Å². The van der Waals surface area contributed by atoms with E-state index in [1.54, 1.807) is 0 Å². The third-order valence-electron chi connectivity index (χ3n) is 5.76. The quantitative estimate of drug-likeness (QED) is 0.849. The molecule has 0 aromatic heterocycles. The largest absolute Gasteiger partial charge is 0.341 e. The molecule has 130 valence electrons. The summed E-state index contributed by atoms with van der Waals surface area (Å²) in [6.45, 7) is 4.89. The molecular weight excluding hydrogens is 321 g/mol.